The van der Waals surface area contributed by atoms with E-state index >= 15 is 0 Å². The van der Waals surface area contributed by atoms with Crippen LogP contribution in [0.15, 0.2) is 0 Å². The maximum atomic E-state index is 12.0. The van der Waals surface area contributed by atoms with Crippen molar-refractivity contribution in [2.45, 2.75) is 31.0 Å². The smallest absolute Gasteiger partial charge is 0.327 e. The molecule has 0 bridgehead atoms. The number of aliphatic hydroxyl groups excluding tert-OH is 1. The van der Waals surface area contributed by atoms with Gasteiger partial charge in [0.15, 0.2) is 0 Å². The third-order valence-corrected chi connectivity index (χ3v) is 3.51. The first-order valence-electron chi connectivity index (χ1n) is 6.23. The van der Waals surface area contributed by atoms with Crippen molar-refractivity contribution < 1.29 is 24.6 Å². The Labute approximate surface area is 121 Å². The minimum atomic E-state index is -1.18. The fourth-order valence-electron chi connectivity index (χ4n) is 2.05. The van der Waals surface area contributed by atoms with Crippen molar-refractivity contribution in [3.63, 3.8) is 0 Å². The van der Waals surface area contributed by atoms with Crippen molar-refractivity contribution in [3.05, 3.63) is 0 Å². The maximum Gasteiger partial charge on any atom is 0.327 e. The largest absolute Gasteiger partial charge is 0.480 e. The summed E-state index contributed by atoms with van der Waals surface area (Å²) in [5.41, 5.74) is 5.46. The third-order valence-electron chi connectivity index (χ3n) is 3.15. The Balaban J connectivity index is 2.71. The number of hydrogen-bond acceptors (Lipinski definition) is 6. The molecule has 0 radical (unpaired) electrons. The number of carbonyl (C=O) groups excluding carboxylic acids is 2. The van der Waals surface area contributed by atoms with E-state index in [-0.39, 0.29) is 5.75 Å². The molecule has 3 unspecified atom stereocenters. The highest BCUT2D eigenvalue weighted by Crippen LogP contribution is 2.18. The molecule has 9 heteroatoms. The van der Waals surface area contributed by atoms with Gasteiger partial charge in [0.05, 0.1) is 6.61 Å². The van der Waals surface area contributed by atoms with E-state index in [1.165, 1.54) is 4.90 Å². The molecule has 1 fully saturated rings. The predicted molar refractivity (Wildman–Crippen MR) is 73.2 cm³/mol. The van der Waals surface area contributed by atoms with Gasteiger partial charge in [-0.15, -0.1) is 0 Å². The number of carboxylic acid groups (broad SMARTS) is 1. The molecule has 8 nitrogen and oxygen atoms in total. The number of carbonyl (C=O) groups is 3. The van der Waals surface area contributed by atoms with Crippen LogP contribution in [-0.4, -0.2) is 69.9 Å². The van der Waals surface area contributed by atoms with Crippen LogP contribution in [0.5, 0.6) is 0 Å². The van der Waals surface area contributed by atoms with Gasteiger partial charge in [0.2, 0.25) is 11.8 Å². The molecule has 1 rings (SSSR count). The van der Waals surface area contributed by atoms with Gasteiger partial charge >= 0.3 is 5.97 Å². The van der Waals surface area contributed by atoms with Crippen molar-refractivity contribution in [1.29, 1.82) is 0 Å². The lowest BCUT2D eigenvalue weighted by Gasteiger charge is -2.27. The van der Waals surface area contributed by atoms with E-state index < -0.39 is 42.5 Å². The summed E-state index contributed by atoms with van der Waals surface area (Å²) in [4.78, 5) is 36.1. The zero-order chi connectivity index (χ0) is 15.3. The van der Waals surface area contributed by atoms with Crippen LogP contribution in [0.4, 0.5) is 0 Å². The summed E-state index contributed by atoms with van der Waals surface area (Å²) in [5.74, 6) is -2.28. The number of nitrogens with two attached hydrogens (primary N) is 1. The summed E-state index contributed by atoms with van der Waals surface area (Å²) >= 11 is 3.85. The van der Waals surface area contributed by atoms with Crippen LogP contribution in [0.25, 0.3) is 0 Å². The Morgan fingerprint density at radius 3 is 2.60 bits per heavy atom. The van der Waals surface area contributed by atoms with Crippen LogP contribution in [0.2, 0.25) is 0 Å². The van der Waals surface area contributed by atoms with Crippen LogP contribution < -0.4 is 11.1 Å². The Morgan fingerprint density at radius 2 is 2.10 bits per heavy atom. The lowest BCUT2D eigenvalue weighted by atomic mass is 10.1. The molecule has 0 aromatic carbocycles. The first kappa shape index (κ1) is 16.7. The lowest BCUT2D eigenvalue weighted by Crippen LogP contribution is -2.54. The molecule has 0 aliphatic carbocycles. The molecule has 1 saturated heterocycles. The van der Waals surface area contributed by atoms with Crippen molar-refractivity contribution in [2.75, 3.05) is 18.9 Å². The summed E-state index contributed by atoms with van der Waals surface area (Å²) in [5, 5.41) is 20.1. The third kappa shape index (κ3) is 3.84. The lowest BCUT2D eigenvalue weighted by molar-refractivity contribution is -0.143. The van der Waals surface area contributed by atoms with Crippen LogP contribution >= 0.6 is 12.6 Å². The number of carboxylic acids is 1. The molecular formula is C11H19N3O5S. The second-order valence-corrected chi connectivity index (χ2v) is 4.93. The first-order chi connectivity index (χ1) is 9.42. The summed E-state index contributed by atoms with van der Waals surface area (Å²) in [6, 6.07) is -2.92. The number of nitrogens with one attached hydrogen (secondary N) is 1. The first-order valence-corrected chi connectivity index (χ1v) is 6.86. The van der Waals surface area contributed by atoms with Gasteiger partial charge in [-0.2, -0.15) is 12.6 Å². The molecule has 1 aliphatic rings. The normalized spacial score (nSPS) is 21.4. The SMILES string of the molecule is NC(CO)C(=O)N1CCCC1C(=O)NC(CS)C(=O)O. The van der Waals surface area contributed by atoms with Gasteiger partial charge in [-0.1, -0.05) is 0 Å². The molecule has 1 aliphatic heterocycles. The molecule has 3 atom stereocenters. The van der Waals surface area contributed by atoms with Crippen LogP contribution in [0.1, 0.15) is 12.8 Å². The van der Waals surface area contributed by atoms with E-state index in [4.69, 9.17) is 15.9 Å². The molecular weight excluding hydrogens is 286 g/mol. The standard InChI is InChI=1S/C11H19N3O5S/c12-6(4-15)10(17)14-3-1-2-8(14)9(16)13-7(5-20)11(18)19/h6-8,15,20H,1-5,12H2,(H,13,16)(H,18,19). The van der Waals surface area contributed by atoms with Gasteiger partial charge in [-0.25, -0.2) is 4.79 Å². The minimum absolute atomic E-state index is 0.0438. The molecule has 2 amide bonds. The summed E-state index contributed by atoms with van der Waals surface area (Å²) in [6.07, 6.45) is 1.06. The minimum Gasteiger partial charge on any atom is -0.480 e. The number of aliphatic carboxylic acids is 1. The number of amides is 2. The van der Waals surface area contributed by atoms with Gasteiger partial charge in [-0.05, 0) is 12.8 Å². The fourth-order valence-corrected chi connectivity index (χ4v) is 2.30. The van der Waals surface area contributed by atoms with Crippen molar-refractivity contribution in [3.8, 4) is 0 Å². The molecule has 0 aromatic rings. The number of nitrogens with zero attached hydrogens (tertiary/aromatic N) is 1. The predicted octanol–water partition coefficient (Wildman–Crippen LogP) is -2.20. The molecule has 1 heterocycles. The van der Waals surface area contributed by atoms with Crippen molar-refractivity contribution in [1.82, 2.24) is 10.2 Å². The number of likely N-dealkylation sites (tertiary alicyclic amines) is 1. The molecule has 0 spiro atoms. The molecule has 20 heavy (non-hydrogen) atoms. The van der Waals surface area contributed by atoms with Gasteiger partial charge in [0.25, 0.3) is 0 Å². The highest BCUT2D eigenvalue weighted by Gasteiger charge is 2.37. The van der Waals surface area contributed by atoms with E-state index in [0.29, 0.717) is 19.4 Å². The summed E-state index contributed by atoms with van der Waals surface area (Å²) in [7, 11) is 0. The quantitative estimate of drug-likeness (QED) is 0.354. The highest BCUT2D eigenvalue weighted by molar-refractivity contribution is 7.80. The number of aliphatic hydroxyl groups is 1. The van der Waals surface area contributed by atoms with E-state index in [1.54, 1.807) is 0 Å². The van der Waals surface area contributed by atoms with Gasteiger partial charge in [-0.3, -0.25) is 9.59 Å². The van der Waals surface area contributed by atoms with Gasteiger partial charge < -0.3 is 26.2 Å². The summed E-state index contributed by atoms with van der Waals surface area (Å²) in [6.45, 7) is -0.138. The Kier molecular flexibility index (Phi) is 6.24. The zero-order valence-corrected chi connectivity index (χ0v) is 11.8. The number of rotatable bonds is 6. The molecule has 0 aromatic heterocycles. The van der Waals surface area contributed by atoms with E-state index in [0.717, 1.165) is 0 Å². The average molecular weight is 305 g/mol. The molecule has 0 saturated carbocycles. The van der Waals surface area contributed by atoms with E-state index in [9.17, 15) is 14.4 Å². The second-order valence-electron chi connectivity index (χ2n) is 4.56. The maximum absolute atomic E-state index is 12.0. The van der Waals surface area contributed by atoms with Gasteiger partial charge in [0, 0.05) is 12.3 Å². The fraction of sp³-hybridized carbons (Fsp3) is 0.727. The molecule has 114 valence electrons. The average Bonchev–Trinajstić information content (AvgIpc) is 2.91. The number of thiol groups is 1. The topological polar surface area (TPSA) is 133 Å². The van der Waals surface area contributed by atoms with Crippen LogP contribution in [0.3, 0.4) is 0 Å². The van der Waals surface area contributed by atoms with Crippen molar-refractivity contribution >= 4 is 30.4 Å². The molecule has 5 N–H and O–H groups in total. The van der Waals surface area contributed by atoms with Gasteiger partial charge in [0.1, 0.15) is 18.1 Å². The monoisotopic (exact) mass is 305 g/mol. The van der Waals surface area contributed by atoms with Crippen LogP contribution in [-0.2, 0) is 14.4 Å². The zero-order valence-electron chi connectivity index (χ0n) is 10.9. The highest BCUT2D eigenvalue weighted by atomic mass is 32.1. The Bertz CT molecular complexity index is 392. The van der Waals surface area contributed by atoms with E-state index in [2.05, 4.69) is 17.9 Å². The van der Waals surface area contributed by atoms with Crippen LogP contribution in [0, 0.1) is 0 Å². The Hall–Kier alpha value is -1.32. The van der Waals surface area contributed by atoms with Crippen molar-refractivity contribution in [2.24, 2.45) is 5.73 Å². The Morgan fingerprint density at radius 1 is 1.45 bits per heavy atom. The summed E-state index contributed by atoms with van der Waals surface area (Å²) < 4.78 is 0. The van der Waals surface area contributed by atoms with E-state index in [1.807, 2.05) is 0 Å². The second kappa shape index (κ2) is 7.46. The number of hydrogen-bond donors (Lipinski definition) is 5.